The fourth-order valence-corrected chi connectivity index (χ4v) is 4.90. The number of benzene rings is 2. The number of hydrogen-bond acceptors (Lipinski definition) is 5. The van der Waals surface area contributed by atoms with Gasteiger partial charge in [-0.05, 0) is 68.7 Å². The van der Waals surface area contributed by atoms with Gasteiger partial charge in [0.25, 0.3) is 10.0 Å². The van der Waals surface area contributed by atoms with Crippen molar-refractivity contribution in [2.75, 3.05) is 31.7 Å². The average Bonchev–Trinajstić information content (AvgIpc) is 2.65. The van der Waals surface area contributed by atoms with E-state index in [0.29, 0.717) is 12.3 Å². The number of amides is 1. The second-order valence-electron chi connectivity index (χ2n) is 7.44. The van der Waals surface area contributed by atoms with Crippen LogP contribution in [0, 0.1) is 20.8 Å². The Morgan fingerprint density at radius 2 is 1.67 bits per heavy atom. The first kappa shape index (κ1) is 23.7. The molecule has 0 saturated carbocycles. The summed E-state index contributed by atoms with van der Waals surface area (Å²) in [6.45, 7) is 7.33. The minimum absolute atomic E-state index is 0.0156. The van der Waals surface area contributed by atoms with Gasteiger partial charge in [0, 0.05) is 13.2 Å². The van der Waals surface area contributed by atoms with Gasteiger partial charge in [0.05, 0.1) is 19.4 Å². The third-order valence-electron chi connectivity index (χ3n) is 4.49. The van der Waals surface area contributed by atoms with E-state index >= 15 is 0 Å². The Kier molecular flexibility index (Phi) is 7.86. The molecule has 0 aliphatic carbocycles. The van der Waals surface area contributed by atoms with E-state index in [4.69, 9.17) is 9.47 Å². The minimum Gasteiger partial charge on any atom is -0.495 e. The van der Waals surface area contributed by atoms with Crippen molar-refractivity contribution in [3.8, 4) is 5.75 Å². The van der Waals surface area contributed by atoms with E-state index in [1.165, 1.54) is 7.11 Å². The molecule has 2 aromatic rings. The summed E-state index contributed by atoms with van der Waals surface area (Å²) in [7, 11) is -1.12. The molecule has 0 aliphatic rings. The predicted molar refractivity (Wildman–Crippen MR) is 118 cm³/mol. The lowest BCUT2D eigenvalue weighted by Gasteiger charge is -2.26. The topological polar surface area (TPSA) is 84.9 Å². The number of methoxy groups -OCH3 is 2. The van der Waals surface area contributed by atoms with E-state index in [9.17, 15) is 13.2 Å². The van der Waals surface area contributed by atoms with Gasteiger partial charge < -0.3 is 14.8 Å². The normalized spacial score (nSPS) is 12.3. The summed E-state index contributed by atoms with van der Waals surface area (Å²) < 4.78 is 38.8. The molecule has 0 radical (unpaired) electrons. The molecule has 164 valence electrons. The number of aryl methyl sites for hydroxylation is 3. The van der Waals surface area contributed by atoms with E-state index in [2.05, 4.69) is 5.32 Å². The number of nitrogens with one attached hydrogen (secondary N) is 1. The maximum atomic E-state index is 13.7. The summed E-state index contributed by atoms with van der Waals surface area (Å²) in [5.74, 6) is -0.197. The van der Waals surface area contributed by atoms with Crippen molar-refractivity contribution in [2.24, 2.45) is 0 Å². The first-order valence-corrected chi connectivity index (χ1v) is 11.1. The molecule has 1 atom stereocenters. The SMILES string of the molecule is COC[C@H](C)NC(=O)CN(c1cc(C)cc(C)c1)S(=O)(=O)c1cc(C)ccc1OC. The summed E-state index contributed by atoms with van der Waals surface area (Å²) >= 11 is 0. The van der Waals surface area contributed by atoms with E-state index in [-0.39, 0.29) is 23.2 Å². The Morgan fingerprint density at radius 1 is 1.03 bits per heavy atom. The van der Waals surface area contributed by atoms with Gasteiger partial charge in [-0.15, -0.1) is 0 Å². The van der Waals surface area contributed by atoms with Crippen LogP contribution in [0.4, 0.5) is 5.69 Å². The summed E-state index contributed by atoms with van der Waals surface area (Å²) in [4.78, 5) is 12.7. The van der Waals surface area contributed by atoms with Crippen LogP contribution in [0.5, 0.6) is 5.75 Å². The predicted octanol–water partition coefficient (Wildman–Crippen LogP) is 2.97. The maximum absolute atomic E-state index is 13.7. The van der Waals surface area contributed by atoms with Crippen LogP contribution in [0.25, 0.3) is 0 Å². The van der Waals surface area contributed by atoms with Gasteiger partial charge in [-0.25, -0.2) is 8.42 Å². The largest absolute Gasteiger partial charge is 0.495 e. The lowest BCUT2D eigenvalue weighted by atomic mass is 10.1. The summed E-state index contributed by atoms with van der Waals surface area (Å²) in [5.41, 5.74) is 2.99. The Balaban J connectivity index is 2.55. The molecule has 0 aliphatic heterocycles. The number of hydrogen-bond donors (Lipinski definition) is 1. The smallest absolute Gasteiger partial charge is 0.268 e. The molecule has 30 heavy (non-hydrogen) atoms. The molecule has 2 aromatic carbocycles. The highest BCUT2D eigenvalue weighted by molar-refractivity contribution is 7.93. The average molecular weight is 435 g/mol. The minimum atomic E-state index is -4.08. The quantitative estimate of drug-likeness (QED) is 0.656. The van der Waals surface area contributed by atoms with Crippen LogP contribution >= 0.6 is 0 Å². The van der Waals surface area contributed by atoms with Crippen LogP contribution in [0.2, 0.25) is 0 Å². The number of anilines is 1. The van der Waals surface area contributed by atoms with Gasteiger partial charge in [0.1, 0.15) is 17.2 Å². The zero-order valence-corrected chi connectivity index (χ0v) is 19.2. The fraction of sp³-hybridized carbons (Fsp3) is 0.409. The molecule has 0 heterocycles. The van der Waals surface area contributed by atoms with Gasteiger partial charge in [-0.1, -0.05) is 12.1 Å². The number of rotatable bonds is 9. The standard InChI is InChI=1S/C22H30N2O5S/c1-15-7-8-20(29-6)21(12-15)30(26,27)24(13-22(25)23-18(4)14-28-5)19-10-16(2)9-17(3)11-19/h7-12,18H,13-14H2,1-6H3,(H,23,25)/t18-/m0/s1. The molecule has 0 saturated heterocycles. The zero-order chi connectivity index (χ0) is 22.5. The van der Waals surface area contributed by atoms with Crippen molar-refractivity contribution in [1.29, 1.82) is 0 Å². The highest BCUT2D eigenvalue weighted by Gasteiger charge is 2.30. The van der Waals surface area contributed by atoms with Gasteiger partial charge in [-0.3, -0.25) is 9.10 Å². The van der Waals surface area contributed by atoms with E-state index in [0.717, 1.165) is 21.0 Å². The molecule has 2 rings (SSSR count). The number of sulfonamides is 1. The van der Waals surface area contributed by atoms with Crippen LogP contribution in [-0.4, -0.2) is 47.7 Å². The summed E-state index contributed by atoms with van der Waals surface area (Å²) in [5, 5.41) is 2.77. The van der Waals surface area contributed by atoms with Gasteiger partial charge >= 0.3 is 0 Å². The van der Waals surface area contributed by atoms with Gasteiger partial charge in [-0.2, -0.15) is 0 Å². The summed E-state index contributed by atoms with van der Waals surface area (Å²) in [6, 6.07) is 10.1. The Labute approximate surface area is 179 Å². The highest BCUT2D eigenvalue weighted by atomic mass is 32.2. The number of nitrogens with zero attached hydrogens (tertiary/aromatic N) is 1. The first-order chi connectivity index (χ1) is 14.1. The Hall–Kier alpha value is -2.58. The van der Waals surface area contributed by atoms with Crippen molar-refractivity contribution in [1.82, 2.24) is 5.32 Å². The van der Waals surface area contributed by atoms with Gasteiger partial charge in [0.2, 0.25) is 5.91 Å². The fourth-order valence-electron chi connectivity index (χ4n) is 3.26. The lowest BCUT2D eigenvalue weighted by Crippen LogP contribution is -2.44. The molecule has 1 N–H and O–H groups in total. The van der Waals surface area contributed by atoms with Crippen molar-refractivity contribution in [2.45, 2.75) is 38.6 Å². The molecule has 0 spiro atoms. The lowest BCUT2D eigenvalue weighted by molar-refractivity contribution is -0.120. The molecule has 0 aromatic heterocycles. The van der Waals surface area contributed by atoms with Crippen molar-refractivity contribution < 1.29 is 22.7 Å². The monoisotopic (exact) mass is 434 g/mol. The van der Waals surface area contributed by atoms with E-state index in [1.807, 2.05) is 19.9 Å². The number of carbonyl (C=O) groups excluding carboxylic acids is 1. The van der Waals surface area contributed by atoms with Gasteiger partial charge in [0.15, 0.2) is 0 Å². The highest BCUT2D eigenvalue weighted by Crippen LogP contribution is 2.31. The molecule has 0 bridgehead atoms. The van der Waals surface area contributed by atoms with Crippen LogP contribution < -0.4 is 14.4 Å². The Morgan fingerprint density at radius 3 is 2.23 bits per heavy atom. The molecular weight excluding hydrogens is 404 g/mol. The van der Waals surface area contributed by atoms with Crippen molar-refractivity contribution in [3.63, 3.8) is 0 Å². The number of ether oxygens (including phenoxy) is 2. The maximum Gasteiger partial charge on any atom is 0.268 e. The second-order valence-corrected chi connectivity index (χ2v) is 9.27. The van der Waals surface area contributed by atoms with Crippen LogP contribution in [-0.2, 0) is 19.6 Å². The second kappa shape index (κ2) is 9.95. The third-order valence-corrected chi connectivity index (χ3v) is 6.29. The molecule has 1 amide bonds. The zero-order valence-electron chi connectivity index (χ0n) is 18.4. The Bertz CT molecular complexity index is 984. The molecule has 0 fully saturated rings. The number of carbonyl (C=O) groups is 1. The molecule has 8 heteroatoms. The van der Waals surface area contributed by atoms with Crippen LogP contribution in [0.3, 0.4) is 0 Å². The molecule has 7 nitrogen and oxygen atoms in total. The molecule has 0 unspecified atom stereocenters. The first-order valence-electron chi connectivity index (χ1n) is 9.62. The third kappa shape index (κ3) is 5.73. The summed E-state index contributed by atoms with van der Waals surface area (Å²) in [6.07, 6.45) is 0. The molecular formula is C22H30N2O5S. The van der Waals surface area contributed by atoms with Crippen molar-refractivity contribution >= 4 is 21.6 Å². The van der Waals surface area contributed by atoms with E-state index < -0.39 is 15.9 Å². The van der Waals surface area contributed by atoms with E-state index in [1.54, 1.807) is 51.3 Å². The van der Waals surface area contributed by atoms with Crippen LogP contribution in [0.1, 0.15) is 23.6 Å². The van der Waals surface area contributed by atoms with Crippen molar-refractivity contribution in [3.05, 3.63) is 53.1 Å². The van der Waals surface area contributed by atoms with Crippen LogP contribution in [0.15, 0.2) is 41.3 Å².